The van der Waals surface area contributed by atoms with Crippen molar-refractivity contribution in [3.05, 3.63) is 60.2 Å². The van der Waals surface area contributed by atoms with Gasteiger partial charge in [0, 0.05) is 6.54 Å². The highest BCUT2D eigenvalue weighted by molar-refractivity contribution is 7.91. The first kappa shape index (κ1) is 16.6. The van der Waals surface area contributed by atoms with E-state index in [2.05, 4.69) is 4.98 Å². The average molecular weight is 348 g/mol. The molecule has 126 valence electrons. The first-order valence-electron chi connectivity index (χ1n) is 7.54. The van der Waals surface area contributed by atoms with Crippen LogP contribution < -0.4 is 0 Å². The molecule has 0 aliphatic carbocycles. The van der Waals surface area contributed by atoms with Gasteiger partial charge in [0.15, 0.2) is 9.84 Å². The highest BCUT2D eigenvalue weighted by atomic mass is 32.2. The minimum Gasteiger partial charge on any atom is -0.388 e. The Morgan fingerprint density at radius 3 is 2.50 bits per heavy atom. The maximum atomic E-state index is 12.9. The van der Waals surface area contributed by atoms with Crippen LogP contribution in [0.2, 0.25) is 0 Å². The summed E-state index contributed by atoms with van der Waals surface area (Å²) in [5, 5.41) is 9.45. The molecule has 2 aromatic carbocycles. The maximum Gasteiger partial charge on any atom is 0.178 e. The lowest BCUT2D eigenvalue weighted by Crippen LogP contribution is -2.11. The van der Waals surface area contributed by atoms with Crippen LogP contribution in [0.4, 0.5) is 4.39 Å². The van der Waals surface area contributed by atoms with Gasteiger partial charge < -0.3 is 9.67 Å². The number of benzene rings is 2. The molecule has 5 nitrogen and oxygen atoms in total. The molecule has 1 heterocycles. The maximum absolute atomic E-state index is 12.9. The lowest BCUT2D eigenvalue weighted by molar-refractivity contribution is 0.266. The number of aliphatic hydroxyl groups is 1. The zero-order valence-electron chi connectivity index (χ0n) is 12.9. The molecule has 0 aliphatic heterocycles. The van der Waals surface area contributed by atoms with E-state index < -0.39 is 15.7 Å². The Labute approximate surface area is 139 Å². The molecule has 0 saturated carbocycles. The molecule has 3 rings (SSSR count). The number of hydrogen-bond donors (Lipinski definition) is 1. The fraction of sp³-hybridized carbons (Fsp3) is 0.235. The Kier molecular flexibility index (Phi) is 4.64. The number of rotatable bonds is 6. The van der Waals surface area contributed by atoms with Gasteiger partial charge in [-0.3, -0.25) is 0 Å². The Hall–Kier alpha value is -2.25. The lowest BCUT2D eigenvalue weighted by atomic mass is 10.3. The third-order valence-electron chi connectivity index (χ3n) is 3.84. The number of sulfone groups is 1. The van der Waals surface area contributed by atoms with Crippen molar-refractivity contribution >= 4 is 20.9 Å². The van der Waals surface area contributed by atoms with E-state index in [1.54, 1.807) is 0 Å². The Morgan fingerprint density at radius 1 is 1.08 bits per heavy atom. The second-order valence-corrected chi connectivity index (χ2v) is 7.56. The van der Waals surface area contributed by atoms with Gasteiger partial charge in [0.2, 0.25) is 0 Å². The van der Waals surface area contributed by atoms with Gasteiger partial charge in [0.05, 0.1) is 21.7 Å². The molecule has 0 aliphatic rings. The second kappa shape index (κ2) is 6.70. The van der Waals surface area contributed by atoms with E-state index >= 15 is 0 Å². The number of imidazole rings is 1. The molecule has 0 amide bonds. The Bertz CT molecular complexity index is 950. The molecule has 0 spiro atoms. The van der Waals surface area contributed by atoms with Gasteiger partial charge in [-0.2, -0.15) is 0 Å². The van der Waals surface area contributed by atoms with Gasteiger partial charge in [-0.25, -0.2) is 17.8 Å². The summed E-state index contributed by atoms with van der Waals surface area (Å²) in [7, 11) is -3.47. The Balaban J connectivity index is 1.76. The predicted molar refractivity (Wildman–Crippen MR) is 88.7 cm³/mol. The number of halogens is 1. The van der Waals surface area contributed by atoms with Crippen molar-refractivity contribution in [1.29, 1.82) is 0 Å². The highest BCUT2D eigenvalue weighted by Crippen LogP contribution is 2.18. The summed E-state index contributed by atoms with van der Waals surface area (Å²) in [6.07, 6.45) is 0.368. The van der Waals surface area contributed by atoms with E-state index in [1.807, 2.05) is 28.8 Å². The Morgan fingerprint density at radius 2 is 1.79 bits per heavy atom. The van der Waals surface area contributed by atoms with Crippen LogP contribution in [0, 0.1) is 5.82 Å². The number of hydrogen-bond acceptors (Lipinski definition) is 4. The summed E-state index contributed by atoms with van der Waals surface area (Å²) >= 11 is 0. The summed E-state index contributed by atoms with van der Waals surface area (Å²) in [5.74, 6) is -0.0162. The number of para-hydroxylation sites is 2. The molecule has 0 atom stereocenters. The molecule has 0 radical (unpaired) electrons. The SMILES string of the molecule is O=S(=O)(CCCn1c(CO)nc2ccccc21)c1ccc(F)cc1. The monoisotopic (exact) mass is 348 g/mol. The molecule has 24 heavy (non-hydrogen) atoms. The van der Waals surface area contributed by atoms with Gasteiger partial charge in [-0.1, -0.05) is 12.1 Å². The van der Waals surface area contributed by atoms with Gasteiger partial charge in [-0.15, -0.1) is 0 Å². The molecule has 0 fully saturated rings. The van der Waals surface area contributed by atoms with Crippen molar-refractivity contribution in [2.45, 2.75) is 24.5 Å². The fourth-order valence-corrected chi connectivity index (χ4v) is 3.96. The van der Waals surface area contributed by atoms with Crippen LogP contribution in [0.3, 0.4) is 0 Å². The predicted octanol–water partition coefficient (Wildman–Crippen LogP) is 2.53. The van der Waals surface area contributed by atoms with E-state index in [9.17, 15) is 17.9 Å². The molecule has 7 heteroatoms. The van der Waals surface area contributed by atoms with Crippen molar-refractivity contribution in [3.8, 4) is 0 Å². The summed E-state index contributed by atoms with van der Waals surface area (Å²) in [6.45, 7) is 0.218. The number of fused-ring (bicyclic) bond motifs is 1. The van der Waals surface area contributed by atoms with Crippen molar-refractivity contribution in [1.82, 2.24) is 9.55 Å². The zero-order valence-corrected chi connectivity index (χ0v) is 13.7. The van der Waals surface area contributed by atoms with E-state index in [0.29, 0.717) is 18.8 Å². The number of aliphatic hydroxyl groups excluding tert-OH is 1. The molecule has 0 unspecified atom stereocenters. The first-order valence-corrected chi connectivity index (χ1v) is 9.20. The van der Waals surface area contributed by atoms with E-state index in [4.69, 9.17) is 0 Å². The first-order chi connectivity index (χ1) is 11.5. The standard InChI is InChI=1S/C17H17FN2O3S/c18-13-6-8-14(9-7-13)24(22,23)11-3-10-20-16-5-2-1-4-15(16)19-17(20)12-21/h1-2,4-9,21H,3,10-12H2. The van der Waals surface area contributed by atoms with Crippen molar-refractivity contribution < 1.29 is 17.9 Å². The van der Waals surface area contributed by atoms with Gasteiger partial charge in [0.1, 0.15) is 18.2 Å². The highest BCUT2D eigenvalue weighted by Gasteiger charge is 2.15. The van der Waals surface area contributed by atoms with Crippen LogP contribution in [0.1, 0.15) is 12.2 Å². The topological polar surface area (TPSA) is 72.2 Å². The van der Waals surface area contributed by atoms with Gasteiger partial charge in [0.25, 0.3) is 0 Å². The quantitative estimate of drug-likeness (QED) is 0.695. The van der Waals surface area contributed by atoms with Crippen LogP contribution in [0.15, 0.2) is 53.4 Å². The van der Waals surface area contributed by atoms with Crippen LogP contribution in [0.5, 0.6) is 0 Å². The van der Waals surface area contributed by atoms with Crippen LogP contribution in [0.25, 0.3) is 11.0 Å². The molecule has 1 aromatic heterocycles. The third-order valence-corrected chi connectivity index (χ3v) is 5.66. The summed E-state index contributed by atoms with van der Waals surface area (Å²) in [5.41, 5.74) is 1.63. The van der Waals surface area contributed by atoms with Crippen molar-refractivity contribution in [3.63, 3.8) is 0 Å². The number of aromatic nitrogens is 2. The minimum absolute atomic E-state index is 0.0595. The normalized spacial score (nSPS) is 11.9. The third kappa shape index (κ3) is 3.32. The molecular weight excluding hydrogens is 331 g/mol. The minimum atomic E-state index is -3.47. The summed E-state index contributed by atoms with van der Waals surface area (Å²) in [6, 6.07) is 12.3. The van der Waals surface area contributed by atoms with Gasteiger partial charge in [-0.05, 0) is 42.8 Å². The van der Waals surface area contributed by atoms with Gasteiger partial charge >= 0.3 is 0 Å². The molecule has 0 bridgehead atoms. The van der Waals surface area contributed by atoms with Crippen LogP contribution in [-0.2, 0) is 23.0 Å². The summed E-state index contributed by atoms with van der Waals surface area (Å²) in [4.78, 5) is 4.45. The van der Waals surface area contributed by atoms with E-state index in [1.165, 1.54) is 12.1 Å². The van der Waals surface area contributed by atoms with Crippen LogP contribution in [-0.4, -0.2) is 28.8 Å². The molecule has 0 saturated heterocycles. The molecule has 3 aromatic rings. The van der Waals surface area contributed by atoms with E-state index in [0.717, 1.165) is 23.2 Å². The van der Waals surface area contributed by atoms with Crippen molar-refractivity contribution in [2.24, 2.45) is 0 Å². The fourth-order valence-electron chi connectivity index (χ4n) is 2.67. The molecule has 1 N–H and O–H groups in total. The average Bonchev–Trinajstić information content (AvgIpc) is 2.93. The largest absolute Gasteiger partial charge is 0.388 e. The number of nitrogens with zero attached hydrogens (tertiary/aromatic N) is 2. The molecular formula is C17H17FN2O3S. The zero-order chi connectivity index (χ0) is 17.2. The smallest absolute Gasteiger partial charge is 0.178 e. The summed E-state index contributed by atoms with van der Waals surface area (Å²) < 4.78 is 39.3. The van der Waals surface area contributed by atoms with E-state index in [-0.39, 0.29) is 17.3 Å². The van der Waals surface area contributed by atoms with Crippen molar-refractivity contribution in [2.75, 3.05) is 5.75 Å². The number of aryl methyl sites for hydroxylation is 1. The van der Waals surface area contributed by atoms with Crippen LogP contribution >= 0.6 is 0 Å². The second-order valence-electron chi connectivity index (χ2n) is 5.45. The lowest BCUT2D eigenvalue weighted by Gasteiger charge is -2.08.